The van der Waals surface area contributed by atoms with Gasteiger partial charge in [0, 0.05) is 52.0 Å². The number of hydrogen-bond acceptors (Lipinski definition) is 4. The van der Waals surface area contributed by atoms with E-state index in [4.69, 9.17) is 16.6 Å². The number of halogens is 1. The fraction of sp³-hybridized carbons (Fsp3) is 0.296. The minimum atomic E-state index is -0.123. The zero-order valence-electron chi connectivity index (χ0n) is 19.8. The molecule has 0 spiro atoms. The minimum absolute atomic E-state index is 0.123. The second-order valence-electron chi connectivity index (χ2n) is 8.79. The molecule has 2 heterocycles. The number of hydrogen-bond donors (Lipinski definition) is 0. The molecule has 3 aromatic rings. The van der Waals surface area contributed by atoms with Crippen LogP contribution in [-0.4, -0.2) is 66.9 Å². The van der Waals surface area contributed by atoms with Crippen molar-refractivity contribution in [2.75, 3.05) is 45.2 Å². The summed E-state index contributed by atoms with van der Waals surface area (Å²) in [7, 11) is 3.41. The number of aryl methyl sites for hydroxylation is 1. The highest BCUT2D eigenvalue weighted by Gasteiger charge is 2.23. The summed E-state index contributed by atoms with van der Waals surface area (Å²) in [4.78, 5) is 35.3. The van der Waals surface area contributed by atoms with Crippen molar-refractivity contribution in [3.63, 3.8) is 0 Å². The third kappa shape index (κ3) is 5.23. The van der Waals surface area contributed by atoms with Crippen molar-refractivity contribution in [3.8, 4) is 11.1 Å². The van der Waals surface area contributed by atoms with Gasteiger partial charge in [0.1, 0.15) is 5.82 Å². The van der Waals surface area contributed by atoms with Crippen LogP contribution >= 0.6 is 11.6 Å². The predicted octanol–water partition coefficient (Wildman–Crippen LogP) is 4.30. The van der Waals surface area contributed by atoms with E-state index in [1.54, 1.807) is 20.2 Å². The lowest BCUT2D eigenvalue weighted by atomic mass is 10.0. The van der Waals surface area contributed by atoms with Crippen molar-refractivity contribution >= 4 is 29.2 Å². The zero-order valence-corrected chi connectivity index (χ0v) is 20.5. The number of pyridine rings is 1. The first-order valence-corrected chi connectivity index (χ1v) is 11.8. The molecular weight excluding hydrogens is 448 g/mol. The first-order valence-electron chi connectivity index (χ1n) is 11.4. The Morgan fingerprint density at radius 3 is 2.29 bits per heavy atom. The van der Waals surface area contributed by atoms with Crippen LogP contribution in [0, 0.1) is 6.92 Å². The average Bonchev–Trinajstić information content (AvgIpc) is 2.84. The molecule has 0 unspecified atom stereocenters. The molecule has 0 atom stereocenters. The van der Waals surface area contributed by atoms with Gasteiger partial charge in [0.15, 0.2) is 0 Å². The quantitative estimate of drug-likeness (QED) is 0.550. The molecule has 2 aromatic carbocycles. The summed E-state index contributed by atoms with van der Waals surface area (Å²) < 4.78 is 0. The number of amides is 2. The van der Waals surface area contributed by atoms with Gasteiger partial charge in [-0.25, -0.2) is 4.98 Å². The highest BCUT2D eigenvalue weighted by molar-refractivity contribution is 6.34. The molecule has 0 bridgehead atoms. The smallest absolute Gasteiger partial charge is 0.254 e. The van der Waals surface area contributed by atoms with Gasteiger partial charge < -0.3 is 14.7 Å². The summed E-state index contributed by atoms with van der Waals surface area (Å²) in [5.41, 5.74) is 4.45. The number of nitrogens with zero attached hydrogens (tertiary/aromatic N) is 4. The van der Waals surface area contributed by atoms with Gasteiger partial charge in [0.05, 0.1) is 17.0 Å². The molecule has 0 saturated carbocycles. The van der Waals surface area contributed by atoms with Gasteiger partial charge in [-0.05, 0) is 41.8 Å². The molecule has 176 valence electrons. The van der Waals surface area contributed by atoms with Gasteiger partial charge in [-0.3, -0.25) is 9.59 Å². The maximum absolute atomic E-state index is 12.7. The summed E-state index contributed by atoms with van der Waals surface area (Å²) in [5, 5.41) is 0.425. The highest BCUT2D eigenvalue weighted by Crippen LogP contribution is 2.29. The van der Waals surface area contributed by atoms with Crippen LogP contribution in [-0.2, 0) is 11.2 Å². The fourth-order valence-corrected chi connectivity index (χ4v) is 4.48. The average molecular weight is 477 g/mol. The lowest BCUT2D eigenvalue weighted by molar-refractivity contribution is -0.130. The van der Waals surface area contributed by atoms with Gasteiger partial charge in [-0.2, -0.15) is 0 Å². The second kappa shape index (κ2) is 10.3. The summed E-state index contributed by atoms with van der Waals surface area (Å²) in [6.45, 7) is 4.92. The normalized spacial score (nSPS) is 13.6. The number of aromatic nitrogens is 1. The van der Waals surface area contributed by atoms with Gasteiger partial charge in [-0.15, -0.1) is 0 Å². The first kappa shape index (κ1) is 23.8. The number of carbonyl (C=O) groups excluding carboxylic acids is 2. The lowest BCUT2D eigenvalue weighted by Gasteiger charge is -2.36. The molecule has 0 aliphatic carbocycles. The number of benzene rings is 2. The monoisotopic (exact) mass is 476 g/mol. The Balaban J connectivity index is 1.42. The molecule has 6 nitrogen and oxygen atoms in total. The van der Waals surface area contributed by atoms with Crippen molar-refractivity contribution in [3.05, 3.63) is 82.5 Å². The van der Waals surface area contributed by atoms with E-state index in [0.29, 0.717) is 30.1 Å². The Kier molecular flexibility index (Phi) is 7.17. The second-order valence-corrected chi connectivity index (χ2v) is 9.20. The zero-order chi connectivity index (χ0) is 24.2. The maximum Gasteiger partial charge on any atom is 0.254 e. The van der Waals surface area contributed by atoms with E-state index in [2.05, 4.69) is 11.0 Å². The van der Waals surface area contributed by atoms with Crippen LogP contribution in [0.2, 0.25) is 5.02 Å². The van der Waals surface area contributed by atoms with E-state index < -0.39 is 0 Å². The number of rotatable bonds is 5. The van der Waals surface area contributed by atoms with Crippen molar-refractivity contribution in [2.24, 2.45) is 0 Å². The number of piperazine rings is 1. The third-order valence-corrected chi connectivity index (χ3v) is 6.43. The van der Waals surface area contributed by atoms with E-state index >= 15 is 0 Å². The fourth-order valence-electron chi connectivity index (χ4n) is 4.22. The van der Waals surface area contributed by atoms with Gasteiger partial charge in [0.25, 0.3) is 5.91 Å². The predicted molar refractivity (Wildman–Crippen MR) is 136 cm³/mol. The molecule has 1 aromatic heterocycles. The third-order valence-electron chi connectivity index (χ3n) is 6.12. The van der Waals surface area contributed by atoms with E-state index in [1.165, 1.54) is 4.90 Å². The van der Waals surface area contributed by atoms with E-state index in [-0.39, 0.29) is 11.8 Å². The Hall–Kier alpha value is -3.38. The molecule has 1 aliphatic heterocycles. The molecule has 0 radical (unpaired) electrons. The molecule has 0 N–H and O–H groups in total. The molecule has 7 heteroatoms. The van der Waals surface area contributed by atoms with Crippen molar-refractivity contribution in [2.45, 2.75) is 13.3 Å². The van der Waals surface area contributed by atoms with Crippen molar-refractivity contribution in [1.82, 2.24) is 14.8 Å². The largest absolute Gasteiger partial charge is 0.353 e. The Labute approximate surface area is 205 Å². The molecule has 2 amide bonds. The molecule has 34 heavy (non-hydrogen) atoms. The van der Waals surface area contributed by atoms with Crippen LogP contribution in [0.15, 0.2) is 60.8 Å². The lowest BCUT2D eigenvalue weighted by Crippen LogP contribution is -2.49. The van der Waals surface area contributed by atoms with Crippen LogP contribution in [0.5, 0.6) is 0 Å². The highest BCUT2D eigenvalue weighted by atomic mass is 35.5. The summed E-state index contributed by atoms with van der Waals surface area (Å²) >= 11 is 6.39. The maximum atomic E-state index is 12.7. The Morgan fingerprint density at radius 2 is 1.68 bits per heavy atom. The summed E-state index contributed by atoms with van der Waals surface area (Å²) in [6.07, 6.45) is 2.28. The van der Waals surface area contributed by atoms with Crippen LogP contribution < -0.4 is 4.90 Å². The summed E-state index contributed by atoms with van der Waals surface area (Å²) in [5.74, 6) is 0.978. The number of anilines is 1. The SMILES string of the molecule is Cc1cc(-c2ccc(C(=O)N(C)C)c(Cl)c2)cnc1N1CCN(C(=O)Cc2ccccc2)CC1. The van der Waals surface area contributed by atoms with E-state index in [1.807, 2.05) is 60.5 Å². The van der Waals surface area contributed by atoms with Crippen LogP contribution in [0.1, 0.15) is 21.5 Å². The molecular formula is C27H29ClN4O2. The van der Waals surface area contributed by atoms with E-state index in [0.717, 1.165) is 41.2 Å². The Bertz CT molecular complexity index is 1190. The van der Waals surface area contributed by atoms with Crippen LogP contribution in [0.4, 0.5) is 5.82 Å². The minimum Gasteiger partial charge on any atom is -0.353 e. The van der Waals surface area contributed by atoms with Gasteiger partial charge in [0.2, 0.25) is 5.91 Å². The molecule has 1 saturated heterocycles. The van der Waals surface area contributed by atoms with Crippen molar-refractivity contribution in [1.29, 1.82) is 0 Å². The first-order chi connectivity index (χ1) is 16.3. The van der Waals surface area contributed by atoms with Crippen LogP contribution in [0.3, 0.4) is 0 Å². The summed E-state index contributed by atoms with van der Waals surface area (Å²) in [6, 6.07) is 17.4. The van der Waals surface area contributed by atoms with Gasteiger partial charge >= 0.3 is 0 Å². The molecule has 1 aliphatic rings. The van der Waals surface area contributed by atoms with Crippen molar-refractivity contribution < 1.29 is 9.59 Å². The van der Waals surface area contributed by atoms with E-state index in [9.17, 15) is 9.59 Å². The molecule has 1 fully saturated rings. The van der Waals surface area contributed by atoms with Gasteiger partial charge in [-0.1, -0.05) is 48.0 Å². The topological polar surface area (TPSA) is 56.8 Å². The molecule has 4 rings (SSSR count). The Morgan fingerprint density at radius 1 is 0.971 bits per heavy atom. The van der Waals surface area contributed by atoms with Crippen LogP contribution in [0.25, 0.3) is 11.1 Å². The standard InChI is InChI=1S/C27H29ClN4O2/c1-19-15-22(21-9-10-23(24(28)17-21)27(34)30(2)3)18-29-26(19)32-13-11-31(12-14-32)25(33)16-20-7-5-4-6-8-20/h4-10,15,17-18H,11-14,16H2,1-3H3. The number of carbonyl (C=O) groups is 2.